The van der Waals surface area contributed by atoms with Crippen LogP contribution in [0.4, 0.5) is 5.69 Å². The quantitative estimate of drug-likeness (QED) is 0.222. The van der Waals surface area contributed by atoms with Crippen molar-refractivity contribution >= 4 is 43.5 Å². The number of rotatable bonds is 12. The number of ether oxygens (including phenoxy) is 3. The first-order chi connectivity index (χ1) is 17.3. The van der Waals surface area contributed by atoms with Crippen LogP contribution < -0.4 is 18.9 Å². The average molecular weight is 555 g/mol. The van der Waals surface area contributed by atoms with Gasteiger partial charge in [0.2, 0.25) is 15.9 Å². The molecule has 2 N–H and O–H groups in total. The summed E-state index contributed by atoms with van der Waals surface area (Å²) in [5.74, 6) is -4.07. The third-order valence-corrected chi connectivity index (χ3v) is 7.03. The van der Waals surface area contributed by atoms with E-state index in [0.29, 0.717) is 0 Å². The van der Waals surface area contributed by atoms with Gasteiger partial charge in [-0.3, -0.25) is 14.3 Å². The monoisotopic (exact) mass is 554 g/mol. The third kappa shape index (κ3) is 8.13. The van der Waals surface area contributed by atoms with E-state index in [9.17, 15) is 26.4 Å². The second kappa shape index (κ2) is 12.1. The van der Waals surface area contributed by atoms with Gasteiger partial charge in [0, 0.05) is 27.5 Å². The number of carbonyl (C=O) groups is 2. The van der Waals surface area contributed by atoms with E-state index in [0.717, 1.165) is 11.5 Å². The van der Waals surface area contributed by atoms with Crippen LogP contribution >= 0.6 is 0 Å². The van der Waals surface area contributed by atoms with Crippen molar-refractivity contribution in [3.05, 3.63) is 62.9 Å². The van der Waals surface area contributed by atoms with Crippen LogP contribution in [0.25, 0.3) is 16.5 Å². The topological polar surface area (TPSA) is 211 Å². The Morgan fingerprint density at radius 1 is 1.05 bits per heavy atom. The number of nitrogens with one attached hydrogen (secondary N) is 1. The zero-order valence-electron chi connectivity index (χ0n) is 19.7. The number of anilines is 1. The van der Waals surface area contributed by atoms with Gasteiger partial charge in [0.05, 0.1) is 32.8 Å². The maximum absolute atomic E-state index is 12.8. The van der Waals surface area contributed by atoms with Gasteiger partial charge in [-0.15, -0.1) is 0 Å². The number of nitrogens with zero attached hydrogens (tertiary/aromatic N) is 3. The SMILES string of the molecule is COc1cc(OC)c(/C=C/S(=O)(=O)Cc2ccc(OC)c(NS(=O)(=O)CC(=O)O)c2)c(C(=O)N=[N+]=[N-])c1. The smallest absolute Gasteiger partial charge is 0.320 e. The van der Waals surface area contributed by atoms with Gasteiger partial charge in [0.1, 0.15) is 17.2 Å². The number of carboxylic acid groups (broad SMARTS) is 1. The summed E-state index contributed by atoms with van der Waals surface area (Å²) in [7, 11) is -4.44. The Labute approximate surface area is 212 Å². The largest absolute Gasteiger partial charge is 0.497 e. The van der Waals surface area contributed by atoms with Crippen LogP contribution in [0.3, 0.4) is 0 Å². The van der Waals surface area contributed by atoms with Gasteiger partial charge in [-0.2, -0.15) is 0 Å². The number of sulfone groups is 1. The summed E-state index contributed by atoms with van der Waals surface area (Å²) in [4.78, 5) is 25.5. The highest BCUT2D eigenvalue weighted by Crippen LogP contribution is 2.32. The fourth-order valence-electron chi connectivity index (χ4n) is 3.07. The number of azide groups is 1. The van der Waals surface area contributed by atoms with Crippen molar-refractivity contribution in [3.63, 3.8) is 0 Å². The first kappa shape index (κ1) is 29.0. The number of carbonyl (C=O) groups excluding carboxylic acids is 1. The van der Waals surface area contributed by atoms with Gasteiger partial charge < -0.3 is 19.3 Å². The molecule has 0 aromatic heterocycles. The Morgan fingerprint density at radius 2 is 1.73 bits per heavy atom. The molecule has 2 aromatic rings. The number of sulfonamides is 1. The molecule has 0 atom stereocenters. The molecule has 0 radical (unpaired) electrons. The van der Waals surface area contributed by atoms with Crippen LogP contribution in [0, 0.1) is 0 Å². The standard InChI is InChI=1S/C21H22N4O10S2/c1-33-14-9-16(21(28)23-25-22)15(19(10-14)35-3)6-7-36(29,30)11-13-4-5-18(34-2)17(8-13)24-37(31,32)12-20(26)27/h4-10,24H,11-12H2,1-3H3,(H,26,27)/b7-6+. The Hall–Kier alpha value is -4.27. The lowest BCUT2D eigenvalue weighted by molar-refractivity contribution is -0.134. The molecule has 0 saturated carbocycles. The van der Waals surface area contributed by atoms with E-state index in [4.69, 9.17) is 24.8 Å². The number of hydrogen-bond donors (Lipinski definition) is 2. The Bertz CT molecular complexity index is 1500. The molecule has 0 bridgehead atoms. The summed E-state index contributed by atoms with van der Waals surface area (Å²) in [5, 5.41) is 12.6. The molecule has 0 heterocycles. The Kier molecular flexibility index (Phi) is 9.48. The number of aliphatic carboxylic acids is 1. The molecule has 0 aliphatic carbocycles. The molecule has 0 unspecified atom stereocenters. The number of hydrogen-bond acceptors (Lipinski definition) is 9. The molecule has 14 nitrogen and oxygen atoms in total. The maximum atomic E-state index is 12.8. The third-order valence-electron chi connectivity index (χ3n) is 4.59. The normalized spacial score (nSPS) is 11.4. The highest BCUT2D eigenvalue weighted by Gasteiger charge is 2.20. The fourth-order valence-corrected chi connectivity index (χ4v) is 5.05. The molecule has 0 saturated heterocycles. The minimum Gasteiger partial charge on any atom is -0.497 e. The van der Waals surface area contributed by atoms with E-state index in [-0.39, 0.29) is 39.6 Å². The first-order valence-corrected chi connectivity index (χ1v) is 13.4. The minimum absolute atomic E-state index is 0.0149. The van der Waals surface area contributed by atoms with Gasteiger partial charge in [0.25, 0.3) is 0 Å². The van der Waals surface area contributed by atoms with Crippen molar-refractivity contribution in [3.8, 4) is 17.2 Å². The average Bonchev–Trinajstić information content (AvgIpc) is 2.81. The molecule has 1 amide bonds. The first-order valence-electron chi connectivity index (χ1n) is 10.00. The van der Waals surface area contributed by atoms with Crippen molar-refractivity contribution in [2.75, 3.05) is 31.8 Å². The lowest BCUT2D eigenvalue weighted by Crippen LogP contribution is -2.22. The summed E-state index contributed by atoms with van der Waals surface area (Å²) < 4.78 is 67.1. The summed E-state index contributed by atoms with van der Waals surface area (Å²) in [6.45, 7) is 0. The van der Waals surface area contributed by atoms with Crippen LogP contribution in [0.5, 0.6) is 17.2 Å². The second-order valence-corrected chi connectivity index (χ2v) is 10.8. The molecular formula is C21H22N4O10S2. The molecule has 2 rings (SSSR count). The number of carboxylic acids is 1. The lowest BCUT2D eigenvalue weighted by Gasteiger charge is -2.13. The molecule has 0 aliphatic rings. The predicted molar refractivity (Wildman–Crippen MR) is 133 cm³/mol. The molecule has 0 fully saturated rings. The zero-order chi connectivity index (χ0) is 27.8. The van der Waals surface area contributed by atoms with Crippen molar-refractivity contribution in [1.82, 2.24) is 0 Å². The van der Waals surface area contributed by atoms with Gasteiger partial charge in [0.15, 0.2) is 15.6 Å². The van der Waals surface area contributed by atoms with Crippen molar-refractivity contribution < 1.29 is 45.7 Å². The molecular weight excluding hydrogens is 532 g/mol. The molecule has 0 spiro atoms. The number of methoxy groups -OCH3 is 3. The van der Waals surface area contributed by atoms with Gasteiger partial charge in [-0.25, -0.2) is 16.8 Å². The Morgan fingerprint density at radius 3 is 2.30 bits per heavy atom. The molecule has 37 heavy (non-hydrogen) atoms. The van der Waals surface area contributed by atoms with E-state index < -0.39 is 43.2 Å². The van der Waals surface area contributed by atoms with Crippen LogP contribution in [0.2, 0.25) is 0 Å². The molecule has 2 aromatic carbocycles. The van der Waals surface area contributed by atoms with E-state index in [1.54, 1.807) is 0 Å². The van der Waals surface area contributed by atoms with Crippen molar-refractivity contribution in [1.29, 1.82) is 0 Å². The molecule has 0 aliphatic heterocycles. The van der Waals surface area contributed by atoms with E-state index >= 15 is 0 Å². The summed E-state index contributed by atoms with van der Waals surface area (Å²) in [6.07, 6.45) is 1.09. The van der Waals surface area contributed by atoms with Gasteiger partial charge >= 0.3 is 5.97 Å². The summed E-state index contributed by atoms with van der Waals surface area (Å²) >= 11 is 0. The highest BCUT2D eigenvalue weighted by molar-refractivity contribution is 7.93. The predicted octanol–water partition coefficient (Wildman–Crippen LogP) is 2.57. The van der Waals surface area contributed by atoms with Crippen LogP contribution in [0.15, 0.2) is 40.9 Å². The van der Waals surface area contributed by atoms with Gasteiger partial charge in [-0.1, -0.05) is 6.07 Å². The maximum Gasteiger partial charge on any atom is 0.320 e. The summed E-state index contributed by atoms with van der Waals surface area (Å²) in [5.41, 5.74) is 8.46. The minimum atomic E-state index is -4.29. The fraction of sp³-hybridized carbons (Fsp3) is 0.238. The van der Waals surface area contributed by atoms with Crippen LogP contribution in [-0.2, 0) is 30.4 Å². The highest BCUT2D eigenvalue weighted by atomic mass is 32.2. The van der Waals surface area contributed by atoms with E-state index in [1.165, 1.54) is 51.7 Å². The second-order valence-electron chi connectivity index (χ2n) is 7.18. The van der Waals surface area contributed by atoms with Crippen molar-refractivity contribution in [2.24, 2.45) is 5.11 Å². The lowest BCUT2D eigenvalue weighted by atomic mass is 10.1. The molecule has 16 heteroatoms. The van der Waals surface area contributed by atoms with E-state index in [2.05, 4.69) is 14.7 Å². The number of amides is 1. The summed E-state index contributed by atoms with van der Waals surface area (Å²) in [6, 6.07) is 6.54. The molecule has 198 valence electrons. The zero-order valence-corrected chi connectivity index (χ0v) is 21.4. The van der Waals surface area contributed by atoms with Crippen LogP contribution in [0.1, 0.15) is 21.5 Å². The van der Waals surface area contributed by atoms with Gasteiger partial charge in [-0.05, 0) is 40.5 Å². The van der Waals surface area contributed by atoms with Crippen molar-refractivity contribution in [2.45, 2.75) is 5.75 Å². The van der Waals surface area contributed by atoms with Crippen LogP contribution in [-0.4, -0.2) is 60.9 Å². The Balaban J connectivity index is 2.45. The van der Waals surface area contributed by atoms with E-state index in [1.807, 2.05) is 0 Å². The number of benzene rings is 2.